The topological polar surface area (TPSA) is 161 Å². The third-order valence-corrected chi connectivity index (χ3v) is 10.5. The van der Waals surface area contributed by atoms with Crippen molar-refractivity contribution in [1.29, 1.82) is 0 Å². The predicted molar refractivity (Wildman–Crippen MR) is 203 cm³/mol. The molecule has 12 nitrogen and oxygen atoms in total. The normalized spacial score (nSPS) is 19.2. The standard InChI is InChI=1S/2C19H21ClN4O2/c2*1-11-14(2-3-23-18(11)21)15-10-13(20)8-12-9-16(26-17(12)15)19(25)24-6-4-22-5-7-24/h2*2-3,8,10,16,22H,4-7,9H2,1H3,(H2,21,23)/t2*16-/m10/s1. The van der Waals surface area contributed by atoms with Gasteiger partial charge in [-0.2, -0.15) is 0 Å². The number of amides is 2. The fourth-order valence-electron chi connectivity index (χ4n) is 7.19. The summed E-state index contributed by atoms with van der Waals surface area (Å²) in [7, 11) is 0. The van der Waals surface area contributed by atoms with Gasteiger partial charge in [0.1, 0.15) is 23.1 Å². The lowest BCUT2D eigenvalue weighted by molar-refractivity contribution is -0.139. The van der Waals surface area contributed by atoms with E-state index in [2.05, 4.69) is 20.6 Å². The van der Waals surface area contributed by atoms with Crippen LogP contribution in [0.1, 0.15) is 22.3 Å². The Labute approximate surface area is 312 Å². The molecular formula is C38H42Cl2N8O4. The second kappa shape index (κ2) is 15.2. The summed E-state index contributed by atoms with van der Waals surface area (Å²) in [6, 6.07) is 11.3. The molecule has 2 aromatic carbocycles. The number of nitrogen functional groups attached to an aromatic ring is 2. The van der Waals surface area contributed by atoms with Crippen molar-refractivity contribution in [2.24, 2.45) is 0 Å². The molecule has 6 heterocycles. The third kappa shape index (κ3) is 7.20. The van der Waals surface area contributed by atoms with Gasteiger partial charge in [-0.3, -0.25) is 9.59 Å². The van der Waals surface area contributed by atoms with E-state index in [0.29, 0.717) is 60.7 Å². The summed E-state index contributed by atoms with van der Waals surface area (Å²) in [5.74, 6) is 2.46. The van der Waals surface area contributed by atoms with Crippen molar-refractivity contribution in [3.8, 4) is 33.8 Å². The molecule has 272 valence electrons. The summed E-state index contributed by atoms with van der Waals surface area (Å²) in [5, 5.41) is 7.75. The largest absolute Gasteiger partial charge is 0.479 e. The highest BCUT2D eigenvalue weighted by atomic mass is 35.5. The summed E-state index contributed by atoms with van der Waals surface area (Å²) in [6.07, 6.45) is 3.41. The minimum Gasteiger partial charge on any atom is -0.479 e. The molecule has 0 saturated carbocycles. The first kappa shape index (κ1) is 35.8. The Morgan fingerprint density at radius 2 is 1.06 bits per heavy atom. The number of halogens is 2. The van der Waals surface area contributed by atoms with E-state index < -0.39 is 12.2 Å². The van der Waals surface area contributed by atoms with Crippen LogP contribution in [0.3, 0.4) is 0 Å². The smallest absolute Gasteiger partial charge is 0.264 e. The molecule has 0 radical (unpaired) electrons. The maximum Gasteiger partial charge on any atom is 0.264 e. The van der Waals surface area contributed by atoms with Gasteiger partial charge >= 0.3 is 0 Å². The van der Waals surface area contributed by atoms with Gasteiger partial charge in [0.25, 0.3) is 11.8 Å². The molecule has 0 spiro atoms. The average molecular weight is 746 g/mol. The van der Waals surface area contributed by atoms with Crippen LogP contribution in [-0.2, 0) is 22.4 Å². The number of rotatable bonds is 4. The predicted octanol–water partition coefficient (Wildman–Crippen LogP) is 4.06. The first-order valence-electron chi connectivity index (χ1n) is 17.5. The Bertz CT molecular complexity index is 1870. The van der Waals surface area contributed by atoms with Crippen LogP contribution in [0.2, 0.25) is 10.0 Å². The number of benzene rings is 2. The van der Waals surface area contributed by atoms with E-state index in [-0.39, 0.29) is 11.8 Å². The number of nitrogens with two attached hydrogens (primary N) is 2. The van der Waals surface area contributed by atoms with E-state index in [1.54, 1.807) is 12.4 Å². The van der Waals surface area contributed by atoms with Crippen LogP contribution in [0.5, 0.6) is 11.5 Å². The maximum absolute atomic E-state index is 12.8. The molecule has 0 bridgehead atoms. The summed E-state index contributed by atoms with van der Waals surface area (Å²) in [6.45, 7) is 9.95. The van der Waals surface area contributed by atoms with E-state index in [0.717, 1.165) is 82.2 Å². The van der Waals surface area contributed by atoms with Gasteiger partial charge in [0, 0.05) is 110 Å². The van der Waals surface area contributed by atoms with E-state index in [4.69, 9.17) is 44.1 Å². The second-order valence-corrected chi connectivity index (χ2v) is 14.3. The lowest BCUT2D eigenvalue weighted by Crippen LogP contribution is -2.50. The lowest BCUT2D eigenvalue weighted by Gasteiger charge is -2.29. The Balaban J connectivity index is 0.000000162. The molecule has 0 aliphatic carbocycles. The van der Waals surface area contributed by atoms with Crippen LogP contribution in [0.25, 0.3) is 22.3 Å². The summed E-state index contributed by atoms with van der Waals surface area (Å²) < 4.78 is 12.3. The van der Waals surface area contributed by atoms with E-state index in [1.807, 2.05) is 60.0 Å². The van der Waals surface area contributed by atoms with E-state index in [9.17, 15) is 9.59 Å². The molecule has 2 amide bonds. The SMILES string of the molecule is Cc1c(-c2cc(Cl)cc3c2O[C@@H](C(=O)N2CCNCC2)C3)ccnc1N.Cc1c(-c2cc(Cl)cc3c2O[C@H](C(=O)N2CCNCC2)C3)ccnc1N. The number of fused-ring (bicyclic) bond motifs is 2. The van der Waals surface area contributed by atoms with Crippen molar-refractivity contribution in [2.75, 3.05) is 63.8 Å². The van der Waals surface area contributed by atoms with Crippen LogP contribution in [0.15, 0.2) is 48.8 Å². The molecule has 0 unspecified atom stereocenters. The van der Waals surface area contributed by atoms with Gasteiger partial charge in [-0.25, -0.2) is 9.97 Å². The van der Waals surface area contributed by atoms with Gasteiger partial charge in [-0.15, -0.1) is 0 Å². The molecule has 14 heteroatoms. The minimum absolute atomic E-state index is 0.0377. The number of piperazine rings is 2. The molecule has 52 heavy (non-hydrogen) atoms. The highest BCUT2D eigenvalue weighted by Crippen LogP contribution is 2.44. The number of anilines is 2. The highest BCUT2D eigenvalue weighted by molar-refractivity contribution is 6.31. The zero-order valence-corrected chi connectivity index (χ0v) is 30.7. The number of nitrogens with one attached hydrogen (secondary N) is 2. The van der Waals surface area contributed by atoms with Gasteiger partial charge in [0.05, 0.1) is 0 Å². The first-order valence-corrected chi connectivity index (χ1v) is 18.2. The number of pyridine rings is 2. The van der Waals surface area contributed by atoms with Crippen molar-refractivity contribution in [1.82, 2.24) is 30.4 Å². The fourth-order valence-corrected chi connectivity index (χ4v) is 7.67. The highest BCUT2D eigenvalue weighted by Gasteiger charge is 2.36. The molecule has 2 aromatic heterocycles. The molecule has 4 aliphatic heterocycles. The zero-order chi connectivity index (χ0) is 36.5. The van der Waals surface area contributed by atoms with Crippen molar-refractivity contribution in [3.05, 3.63) is 81.1 Å². The molecular weight excluding hydrogens is 703 g/mol. The molecule has 2 fully saturated rings. The fraction of sp³-hybridized carbons (Fsp3) is 0.368. The third-order valence-electron chi connectivity index (χ3n) is 10.1. The number of carbonyl (C=O) groups is 2. The minimum atomic E-state index is -0.500. The summed E-state index contributed by atoms with van der Waals surface area (Å²) in [5.41, 5.74) is 19.1. The van der Waals surface area contributed by atoms with E-state index >= 15 is 0 Å². The first-order chi connectivity index (χ1) is 25.1. The van der Waals surface area contributed by atoms with Crippen molar-refractivity contribution >= 4 is 46.7 Å². The molecule has 2 atom stereocenters. The monoisotopic (exact) mass is 744 g/mol. The van der Waals surface area contributed by atoms with Crippen LogP contribution >= 0.6 is 23.2 Å². The van der Waals surface area contributed by atoms with Crippen molar-refractivity contribution in [3.63, 3.8) is 0 Å². The molecule has 8 rings (SSSR count). The number of hydrogen-bond donors (Lipinski definition) is 4. The number of ether oxygens (including phenoxy) is 2. The van der Waals surface area contributed by atoms with Gasteiger partial charge < -0.3 is 41.4 Å². The molecule has 6 N–H and O–H groups in total. The summed E-state index contributed by atoms with van der Waals surface area (Å²) >= 11 is 12.7. The number of carbonyl (C=O) groups excluding carboxylic acids is 2. The number of hydrogen-bond acceptors (Lipinski definition) is 10. The Morgan fingerprint density at radius 3 is 1.44 bits per heavy atom. The second-order valence-electron chi connectivity index (χ2n) is 13.4. The zero-order valence-electron chi connectivity index (χ0n) is 29.2. The summed E-state index contributed by atoms with van der Waals surface area (Å²) in [4.78, 5) is 37.6. The van der Waals surface area contributed by atoms with Crippen LogP contribution < -0.4 is 31.6 Å². The van der Waals surface area contributed by atoms with Gasteiger partial charge in [-0.1, -0.05) is 23.2 Å². The lowest BCUT2D eigenvalue weighted by atomic mass is 9.98. The Hall–Kier alpha value is -4.62. The maximum atomic E-state index is 12.8. The Kier molecular flexibility index (Phi) is 10.4. The quantitative estimate of drug-likeness (QED) is 0.240. The van der Waals surface area contributed by atoms with Crippen LogP contribution in [-0.4, -0.2) is 96.1 Å². The van der Waals surface area contributed by atoms with Gasteiger partial charge in [0.2, 0.25) is 0 Å². The molecule has 4 aromatic rings. The van der Waals surface area contributed by atoms with Gasteiger partial charge in [-0.05, 0) is 72.5 Å². The molecule has 4 aliphatic rings. The average Bonchev–Trinajstić information content (AvgIpc) is 3.78. The van der Waals surface area contributed by atoms with E-state index in [1.165, 1.54) is 0 Å². The Morgan fingerprint density at radius 1 is 0.673 bits per heavy atom. The van der Waals surface area contributed by atoms with Gasteiger partial charge in [0.15, 0.2) is 12.2 Å². The van der Waals surface area contributed by atoms with Crippen LogP contribution in [0.4, 0.5) is 11.6 Å². The van der Waals surface area contributed by atoms with Crippen molar-refractivity contribution in [2.45, 2.75) is 38.9 Å². The van der Waals surface area contributed by atoms with Crippen LogP contribution in [0, 0.1) is 13.8 Å². The molecule has 2 saturated heterocycles. The number of aromatic nitrogens is 2. The number of nitrogens with zero attached hydrogens (tertiary/aromatic N) is 4. The van der Waals surface area contributed by atoms with Crippen molar-refractivity contribution < 1.29 is 19.1 Å².